The van der Waals surface area contributed by atoms with Crippen LogP contribution in [0.25, 0.3) is 0 Å². The van der Waals surface area contributed by atoms with E-state index < -0.39 is 0 Å². The number of nitrogens with one attached hydrogen (secondary N) is 1. The van der Waals surface area contributed by atoms with E-state index in [1.54, 1.807) is 18.3 Å². The third-order valence-corrected chi connectivity index (χ3v) is 5.76. The summed E-state index contributed by atoms with van der Waals surface area (Å²) in [6.45, 7) is 6.40. The number of benzene rings is 1. The molecule has 2 aliphatic carbocycles. The molecule has 0 radical (unpaired) electrons. The van der Waals surface area contributed by atoms with Gasteiger partial charge in [0.1, 0.15) is 0 Å². The van der Waals surface area contributed by atoms with E-state index >= 15 is 0 Å². The van der Waals surface area contributed by atoms with Crippen LogP contribution in [-0.4, -0.2) is 11.7 Å². The van der Waals surface area contributed by atoms with Gasteiger partial charge in [-0.3, -0.25) is 9.59 Å². The maximum atomic E-state index is 12.6. The smallest absolute Gasteiger partial charge is 0.255 e. The van der Waals surface area contributed by atoms with Crippen LogP contribution in [0, 0.1) is 16.7 Å². The maximum Gasteiger partial charge on any atom is 0.255 e. The number of hydrogen-bond acceptors (Lipinski definition) is 2. The molecule has 1 aromatic rings. The quantitative estimate of drug-likeness (QED) is 0.846. The molecule has 110 valence electrons. The number of allylic oxidation sites excluding steroid dienone is 1. The molecule has 2 saturated carbocycles. The number of amides is 1. The average Bonchev–Trinajstić information content (AvgIpc) is 2.78. The van der Waals surface area contributed by atoms with E-state index in [1.165, 1.54) is 0 Å². The monoisotopic (exact) mass is 283 g/mol. The largest absolute Gasteiger partial charge is 0.328 e. The first-order chi connectivity index (χ1) is 9.88. The first kappa shape index (κ1) is 14.1. The summed E-state index contributed by atoms with van der Waals surface area (Å²) in [5, 5.41) is 2.79. The minimum atomic E-state index is -0.277. The summed E-state index contributed by atoms with van der Waals surface area (Å²) in [7, 11) is 0. The topological polar surface area (TPSA) is 46.2 Å². The molecule has 2 bridgehead atoms. The second-order valence-electron chi connectivity index (χ2n) is 6.91. The van der Waals surface area contributed by atoms with Crippen molar-refractivity contribution < 1.29 is 9.59 Å². The van der Waals surface area contributed by atoms with Crippen LogP contribution in [0.15, 0.2) is 42.1 Å². The second-order valence-corrected chi connectivity index (χ2v) is 6.91. The van der Waals surface area contributed by atoms with Crippen molar-refractivity contribution in [2.75, 3.05) is 0 Å². The van der Waals surface area contributed by atoms with Gasteiger partial charge in [-0.2, -0.15) is 0 Å². The van der Waals surface area contributed by atoms with Crippen LogP contribution in [0.5, 0.6) is 0 Å². The Kier molecular flexibility index (Phi) is 3.05. The SMILES string of the molecule is CC1(C)[C@H]2CC[C@@]1(C)C(=O)C2=CNC(=O)c1ccccc1. The molecule has 1 aromatic carbocycles. The number of hydrogen-bond donors (Lipinski definition) is 1. The van der Waals surface area contributed by atoms with Gasteiger partial charge in [0.2, 0.25) is 0 Å². The number of carbonyl (C=O) groups is 2. The first-order valence-electron chi connectivity index (χ1n) is 7.49. The molecular formula is C18H21NO2. The Bertz CT molecular complexity index is 630. The lowest BCUT2D eigenvalue weighted by molar-refractivity contribution is -0.125. The normalized spacial score (nSPS) is 31.7. The lowest BCUT2D eigenvalue weighted by Gasteiger charge is -2.31. The number of fused-ring (bicyclic) bond motifs is 2. The Labute approximate surface area is 125 Å². The van der Waals surface area contributed by atoms with Gasteiger partial charge in [-0.25, -0.2) is 0 Å². The van der Waals surface area contributed by atoms with Gasteiger partial charge in [-0.05, 0) is 36.3 Å². The van der Waals surface area contributed by atoms with E-state index in [0.29, 0.717) is 5.56 Å². The van der Waals surface area contributed by atoms with Gasteiger partial charge < -0.3 is 5.32 Å². The fourth-order valence-corrected chi connectivity index (χ4v) is 3.91. The molecule has 2 aliphatic rings. The average molecular weight is 283 g/mol. The van der Waals surface area contributed by atoms with Crippen LogP contribution in [0.3, 0.4) is 0 Å². The van der Waals surface area contributed by atoms with Gasteiger partial charge >= 0.3 is 0 Å². The molecule has 2 fully saturated rings. The fraction of sp³-hybridized carbons (Fsp3) is 0.444. The van der Waals surface area contributed by atoms with Gasteiger partial charge in [-0.15, -0.1) is 0 Å². The predicted octanol–water partition coefficient (Wildman–Crippen LogP) is 3.33. The van der Waals surface area contributed by atoms with Gasteiger partial charge in [-0.1, -0.05) is 39.0 Å². The first-order valence-corrected chi connectivity index (χ1v) is 7.49. The van der Waals surface area contributed by atoms with Crippen molar-refractivity contribution in [1.29, 1.82) is 0 Å². The minimum absolute atomic E-state index is 0.0204. The molecule has 0 aromatic heterocycles. The molecule has 1 amide bonds. The van der Waals surface area contributed by atoms with Gasteiger partial charge in [0.25, 0.3) is 5.91 Å². The third-order valence-electron chi connectivity index (χ3n) is 5.76. The van der Waals surface area contributed by atoms with Gasteiger partial charge in [0, 0.05) is 22.8 Å². The molecule has 3 rings (SSSR count). The molecule has 0 saturated heterocycles. The van der Waals surface area contributed by atoms with E-state index in [9.17, 15) is 9.59 Å². The van der Waals surface area contributed by atoms with Crippen molar-refractivity contribution in [3.05, 3.63) is 47.7 Å². The highest BCUT2D eigenvalue weighted by Gasteiger charge is 2.63. The summed E-state index contributed by atoms with van der Waals surface area (Å²) in [6.07, 6.45) is 3.63. The third kappa shape index (κ3) is 1.87. The molecule has 3 heteroatoms. The highest BCUT2D eigenvalue weighted by molar-refractivity contribution is 6.05. The maximum absolute atomic E-state index is 12.6. The van der Waals surface area contributed by atoms with Crippen molar-refractivity contribution in [1.82, 2.24) is 5.32 Å². The van der Waals surface area contributed by atoms with E-state index in [4.69, 9.17) is 0 Å². The number of carbonyl (C=O) groups excluding carboxylic acids is 2. The highest BCUT2D eigenvalue weighted by atomic mass is 16.1. The summed E-state index contributed by atoms with van der Waals surface area (Å²) >= 11 is 0. The van der Waals surface area contributed by atoms with E-state index in [2.05, 4.69) is 26.1 Å². The van der Waals surface area contributed by atoms with Crippen molar-refractivity contribution in [3.8, 4) is 0 Å². The minimum Gasteiger partial charge on any atom is -0.328 e. The number of Topliss-reactive ketones (excluding diaryl/α,β-unsaturated/α-hetero) is 1. The Morgan fingerprint density at radius 2 is 1.90 bits per heavy atom. The summed E-state index contributed by atoms with van der Waals surface area (Å²) in [5.74, 6) is 0.296. The standard InChI is InChI=1S/C18H21NO2/c1-17(2)14-9-10-18(17,3)15(20)13(14)11-19-16(21)12-7-5-4-6-8-12/h4-8,11,14H,9-10H2,1-3H3,(H,19,21)/t14-,18-/m0/s1. The molecule has 0 unspecified atom stereocenters. The second kappa shape index (κ2) is 4.55. The molecule has 3 nitrogen and oxygen atoms in total. The van der Waals surface area contributed by atoms with Gasteiger partial charge in [0.05, 0.1) is 0 Å². The van der Waals surface area contributed by atoms with Crippen LogP contribution in [0.1, 0.15) is 44.0 Å². The summed E-state index contributed by atoms with van der Waals surface area (Å²) in [5.41, 5.74) is 1.10. The van der Waals surface area contributed by atoms with Crippen molar-refractivity contribution in [2.45, 2.75) is 33.6 Å². The predicted molar refractivity (Wildman–Crippen MR) is 81.6 cm³/mol. The van der Waals surface area contributed by atoms with E-state index in [-0.39, 0.29) is 28.4 Å². The molecule has 1 N–H and O–H groups in total. The van der Waals surface area contributed by atoms with Crippen LogP contribution >= 0.6 is 0 Å². The van der Waals surface area contributed by atoms with Crippen LogP contribution in [0.2, 0.25) is 0 Å². The molecule has 21 heavy (non-hydrogen) atoms. The molecule has 2 atom stereocenters. The Morgan fingerprint density at radius 1 is 1.24 bits per heavy atom. The fourth-order valence-electron chi connectivity index (χ4n) is 3.91. The van der Waals surface area contributed by atoms with Crippen molar-refractivity contribution in [2.24, 2.45) is 16.7 Å². The van der Waals surface area contributed by atoms with E-state index in [0.717, 1.165) is 18.4 Å². The Balaban J connectivity index is 1.83. The molecule has 0 spiro atoms. The van der Waals surface area contributed by atoms with Crippen LogP contribution in [0.4, 0.5) is 0 Å². The van der Waals surface area contributed by atoms with Gasteiger partial charge in [0.15, 0.2) is 5.78 Å². The van der Waals surface area contributed by atoms with Crippen molar-refractivity contribution in [3.63, 3.8) is 0 Å². The Hall–Kier alpha value is -1.90. The number of ketones is 1. The van der Waals surface area contributed by atoms with Crippen LogP contribution in [-0.2, 0) is 4.79 Å². The van der Waals surface area contributed by atoms with E-state index in [1.807, 2.05) is 18.2 Å². The molecule has 0 heterocycles. The zero-order chi connectivity index (χ0) is 15.3. The lowest BCUT2D eigenvalue weighted by atomic mass is 9.70. The summed E-state index contributed by atoms with van der Waals surface area (Å²) < 4.78 is 0. The molecule has 0 aliphatic heterocycles. The number of rotatable bonds is 2. The lowest BCUT2D eigenvalue weighted by Crippen LogP contribution is -2.32. The summed E-state index contributed by atoms with van der Waals surface area (Å²) in [6, 6.07) is 9.06. The van der Waals surface area contributed by atoms with Crippen molar-refractivity contribution >= 4 is 11.7 Å². The zero-order valence-corrected chi connectivity index (χ0v) is 12.8. The zero-order valence-electron chi connectivity index (χ0n) is 12.8. The van der Waals surface area contributed by atoms with Crippen LogP contribution < -0.4 is 5.32 Å². The molecular weight excluding hydrogens is 262 g/mol. The Morgan fingerprint density at radius 3 is 2.48 bits per heavy atom. The summed E-state index contributed by atoms with van der Waals surface area (Å²) in [4.78, 5) is 24.7. The highest BCUT2D eigenvalue weighted by Crippen LogP contribution is 2.65.